The summed E-state index contributed by atoms with van der Waals surface area (Å²) in [5.74, 6) is 1.95. The van der Waals surface area contributed by atoms with E-state index in [1.807, 2.05) is 19.3 Å². The third-order valence-corrected chi connectivity index (χ3v) is 4.23. The summed E-state index contributed by atoms with van der Waals surface area (Å²) in [4.78, 5) is 4.78. The lowest BCUT2D eigenvalue weighted by Gasteiger charge is -2.20. The maximum Gasteiger partial charge on any atom is 0.162 e. The Kier molecular flexibility index (Phi) is 3.23. The van der Waals surface area contributed by atoms with Gasteiger partial charge in [0.25, 0.3) is 0 Å². The Morgan fingerprint density at radius 3 is 2.75 bits per heavy atom. The fraction of sp³-hybridized carbons (Fsp3) is 0.636. The van der Waals surface area contributed by atoms with Crippen molar-refractivity contribution in [3.63, 3.8) is 0 Å². The van der Waals surface area contributed by atoms with E-state index in [2.05, 4.69) is 24.3 Å². The summed E-state index contributed by atoms with van der Waals surface area (Å²) in [7, 11) is 1.91. The molecule has 0 bridgehead atoms. The van der Waals surface area contributed by atoms with E-state index in [1.54, 1.807) is 16.4 Å². The monoisotopic (exact) mass is 238 g/mol. The van der Waals surface area contributed by atoms with Crippen molar-refractivity contribution in [1.29, 1.82) is 0 Å². The van der Waals surface area contributed by atoms with E-state index in [0.29, 0.717) is 0 Å². The molecule has 88 valence electrons. The van der Waals surface area contributed by atoms with Crippen molar-refractivity contribution in [2.24, 2.45) is 12.0 Å². The van der Waals surface area contributed by atoms with Crippen LogP contribution in [0, 0.1) is 0 Å². The summed E-state index contributed by atoms with van der Waals surface area (Å²) in [5.41, 5.74) is 0.141. The Morgan fingerprint density at radius 2 is 2.25 bits per heavy atom. The molecule has 1 aliphatic heterocycles. The maximum atomic E-state index is 4.78. The lowest BCUT2D eigenvalue weighted by molar-refractivity contribution is 0.456. The third kappa shape index (κ3) is 2.24. The number of aliphatic imine (C=N–C) groups is 1. The van der Waals surface area contributed by atoms with Gasteiger partial charge in [-0.3, -0.25) is 9.67 Å². The predicted molar refractivity (Wildman–Crippen MR) is 70.0 cm³/mol. The molecule has 0 spiro atoms. The molecule has 5 heteroatoms. The van der Waals surface area contributed by atoms with Gasteiger partial charge in [0.2, 0.25) is 0 Å². The van der Waals surface area contributed by atoms with Crippen molar-refractivity contribution in [1.82, 2.24) is 9.78 Å². The fourth-order valence-corrected chi connectivity index (χ4v) is 3.06. The molecule has 16 heavy (non-hydrogen) atoms. The molecule has 1 aromatic heterocycles. The molecule has 0 saturated carbocycles. The predicted octanol–water partition coefficient (Wildman–Crippen LogP) is 2.49. The quantitative estimate of drug-likeness (QED) is 0.879. The second-order valence-corrected chi connectivity index (χ2v) is 5.10. The van der Waals surface area contributed by atoms with Gasteiger partial charge in [-0.05, 0) is 12.8 Å². The molecule has 1 aliphatic rings. The number of nitrogens with zero attached hydrogens (tertiary/aromatic N) is 3. The average molecular weight is 238 g/mol. The smallest absolute Gasteiger partial charge is 0.162 e. The zero-order valence-corrected chi connectivity index (χ0v) is 10.8. The minimum absolute atomic E-state index is 0.141. The van der Waals surface area contributed by atoms with E-state index in [1.165, 1.54) is 0 Å². The van der Waals surface area contributed by atoms with Crippen LogP contribution in [0.4, 0.5) is 5.82 Å². The molecule has 0 amide bonds. The summed E-state index contributed by atoms with van der Waals surface area (Å²) in [6, 6.07) is 1.96. The summed E-state index contributed by atoms with van der Waals surface area (Å²) in [5, 5.41) is 8.55. The molecule has 0 saturated heterocycles. The Balaban J connectivity index is 2.07. The standard InChI is InChI=1S/C11H18N4S/c1-4-11(5-2)8-16-10(13-11)12-9-6-7-15(3)14-9/h6-7H,4-5,8H2,1-3H3,(H,12,13,14). The number of aryl methyl sites for hydroxylation is 1. The molecular weight excluding hydrogens is 220 g/mol. The van der Waals surface area contributed by atoms with E-state index in [4.69, 9.17) is 4.99 Å². The summed E-state index contributed by atoms with van der Waals surface area (Å²) >= 11 is 1.79. The van der Waals surface area contributed by atoms with Crippen LogP contribution >= 0.6 is 11.8 Å². The molecule has 2 rings (SSSR count). The highest BCUT2D eigenvalue weighted by atomic mass is 32.2. The van der Waals surface area contributed by atoms with Crippen molar-refractivity contribution in [2.75, 3.05) is 11.1 Å². The first-order valence-electron chi connectivity index (χ1n) is 5.67. The van der Waals surface area contributed by atoms with Gasteiger partial charge in [0.15, 0.2) is 11.0 Å². The van der Waals surface area contributed by atoms with Crippen LogP contribution in [0.5, 0.6) is 0 Å². The van der Waals surface area contributed by atoms with E-state index < -0.39 is 0 Å². The van der Waals surface area contributed by atoms with Crippen LogP contribution in [0.3, 0.4) is 0 Å². The Hall–Kier alpha value is -0.970. The van der Waals surface area contributed by atoms with E-state index in [9.17, 15) is 0 Å². The minimum atomic E-state index is 0.141. The number of amidine groups is 1. The second-order valence-electron chi connectivity index (χ2n) is 4.14. The molecular formula is C11H18N4S. The van der Waals surface area contributed by atoms with Crippen molar-refractivity contribution in [3.8, 4) is 0 Å². The molecule has 0 atom stereocenters. The van der Waals surface area contributed by atoms with Crippen molar-refractivity contribution in [3.05, 3.63) is 12.3 Å². The first kappa shape index (κ1) is 11.5. The van der Waals surface area contributed by atoms with Crippen molar-refractivity contribution in [2.45, 2.75) is 32.2 Å². The number of anilines is 1. The highest BCUT2D eigenvalue weighted by Crippen LogP contribution is 2.33. The number of aromatic nitrogens is 2. The molecule has 0 fully saturated rings. The summed E-state index contributed by atoms with van der Waals surface area (Å²) in [6.45, 7) is 4.41. The average Bonchev–Trinajstić information content (AvgIpc) is 2.87. The van der Waals surface area contributed by atoms with Gasteiger partial charge in [0, 0.05) is 25.1 Å². The van der Waals surface area contributed by atoms with E-state index >= 15 is 0 Å². The Morgan fingerprint density at radius 1 is 1.50 bits per heavy atom. The van der Waals surface area contributed by atoms with Gasteiger partial charge in [-0.25, -0.2) is 0 Å². The van der Waals surface area contributed by atoms with Gasteiger partial charge >= 0.3 is 0 Å². The molecule has 0 unspecified atom stereocenters. The van der Waals surface area contributed by atoms with Gasteiger partial charge in [0.05, 0.1) is 5.54 Å². The third-order valence-electron chi connectivity index (χ3n) is 3.08. The highest BCUT2D eigenvalue weighted by Gasteiger charge is 2.32. The van der Waals surface area contributed by atoms with Gasteiger partial charge in [-0.1, -0.05) is 25.6 Å². The number of hydrogen-bond donors (Lipinski definition) is 1. The summed E-state index contributed by atoms with van der Waals surface area (Å²) in [6.07, 6.45) is 4.13. The van der Waals surface area contributed by atoms with Crippen LogP contribution in [-0.2, 0) is 7.05 Å². The first-order chi connectivity index (χ1) is 7.67. The highest BCUT2D eigenvalue weighted by molar-refractivity contribution is 8.14. The Labute approximate surface area is 101 Å². The molecule has 1 N–H and O–H groups in total. The first-order valence-corrected chi connectivity index (χ1v) is 6.65. The zero-order chi connectivity index (χ0) is 11.6. The number of thioether (sulfide) groups is 1. The van der Waals surface area contributed by atoms with Gasteiger partial charge < -0.3 is 5.32 Å². The van der Waals surface area contributed by atoms with Crippen molar-refractivity contribution >= 4 is 22.7 Å². The molecule has 1 aromatic rings. The van der Waals surface area contributed by atoms with E-state index in [-0.39, 0.29) is 5.54 Å². The lowest BCUT2D eigenvalue weighted by Crippen LogP contribution is -2.24. The van der Waals surface area contributed by atoms with Crippen LogP contribution in [-0.4, -0.2) is 26.2 Å². The number of hydrogen-bond acceptors (Lipinski definition) is 4. The molecule has 0 radical (unpaired) electrons. The normalized spacial score (nSPS) is 18.6. The largest absolute Gasteiger partial charge is 0.318 e. The second kappa shape index (κ2) is 4.49. The van der Waals surface area contributed by atoms with Crippen LogP contribution in [0.2, 0.25) is 0 Å². The molecule has 2 heterocycles. The van der Waals surface area contributed by atoms with Crippen LogP contribution < -0.4 is 5.32 Å². The van der Waals surface area contributed by atoms with Crippen LogP contribution in [0.25, 0.3) is 0 Å². The fourth-order valence-electron chi connectivity index (χ4n) is 1.75. The molecule has 0 aliphatic carbocycles. The van der Waals surface area contributed by atoms with Crippen LogP contribution in [0.1, 0.15) is 26.7 Å². The van der Waals surface area contributed by atoms with Crippen molar-refractivity contribution < 1.29 is 0 Å². The van der Waals surface area contributed by atoms with Gasteiger partial charge in [0.1, 0.15) is 0 Å². The number of nitrogens with one attached hydrogen (secondary N) is 1. The molecule has 0 aromatic carbocycles. The zero-order valence-electron chi connectivity index (χ0n) is 10.0. The van der Waals surface area contributed by atoms with Crippen LogP contribution in [0.15, 0.2) is 17.3 Å². The Bertz CT molecular complexity index is 392. The minimum Gasteiger partial charge on any atom is -0.318 e. The SMILES string of the molecule is CCC1(CC)CSC(Nc2ccn(C)n2)=N1. The van der Waals surface area contributed by atoms with Gasteiger partial charge in [-0.15, -0.1) is 0 Å². The van der Waals surface area contributed by atoms with E-state index in [0.717, 1.165) is 29.6 Å². The number of rotatable bonds is 3. The van der Waals surface area contributed by atoms with Gasteiger partial charge in [-0.2, -0.15) is 5.10 Å². The lowest BCUT2D eigenvalue weighted by atomic mass is 9.97. The summed E-state index contributed by atoms with van der Waals surface area (Å²) < 4.78 is 1.79. The molecule has 4 nitrogen and oxygen atoms in total. The maximum absolute atomic E-state index is 4.78. The topological polar surface area (TPSA) is 42.2 Å².